The molecule has 0 saturated heterocycles. The second-order valence-electron chi connectivity index (χ2n) is 5.16. The highest BCUT2D eigenvalue weighted by Crippen LogP contribution is 2.23. The zero-order chi connectivity index (χ0) is 13.8. The molecule has 2 aromatic carbocycles. The van der Waals surface area contributed by atoms with E-state index in [1.165, 1.54) is 16.8 Å². The van der Waals surface area contributed by atoms with Crippen LogP contribution in [0.2, 0.25) is 0 Å². The largest absolute Gasteiger partial charge is 0.379 e. The van der Waals surface area contributed by atoms with Crippen molar-refractivity contribution in [2.24, 2.45) is 0 Å². The van der Waals surface area contributed by atoms with E-state index >= 15 is 0 Å². The first kappa shape index (κ1) is 13.5. The van der Waals surface area contributed by atoms with Crippen molar-refractivity contribution in [3.63, 3.8) is 0 Å². The topological polar surface area (TPSA) is 15.3 Å². The van der Waals surface area contributed by atoms with Crippen molar-refractivity contribution in [2.75, 3.05) is 24.3 Å². The third-order valence-corrected chi connectivity index (χ3v) is 3.42. The van der Waals surface area contributed by atoms with Gasteiger partial charge in [-0.25, -0.2) is 0 Å². The Hall–Kier alpha value is -1.96. The maximum absolute atomic E-state index is 3.55. The molecule has 0 aromatic heterocycles. The molecule has 19 heavy (non-hydrogen) atoms. The lowest BCUT2D eigenvalue weighted by atomic mass is 10.0. The molecule has 2 heteroatoms. The van der Waals surface area contributed by atoms with Crippen LogP contribution in [0, 0.1) is 6.92 Å². The summed E-state index contributed by atoms with van der Waals surface area (Å²) in [6.07, 6.45) is 0. The number of anilines is 2. The Morgan fingerprint density at radius 1 is 0.947 bits per heavy atom. The Balaban J connectivity index is 2.11. The highest BCUT2D eigenvalue weighted by atomic mass is 15.1. The van der Waals surface area contributed by atoms with Crippen LogP contribution in [-0.4, -0.2) is 14.1 Å². The van der Waals surface area contributed by atoms with Gasteiger partial charge < -0.3 is 10.2 Å². The van der Waals surface area contributed by atoms with Crippen molar-refractivity contribution in [1.29, 1.82) is 0 Å². The molecule has 0 saturated carbocycles. The summed E-state index contributed by atoms with van der Waals surface area (Å²) in [6, 6.07) is 17.3. The Kier molecular flexibility index (Phi) is 4.10. The van der Waals surface area contributed by atoms with Crippen LogP contribution in [-0.2, 0) is 0 Å². The predicted molar refractivity (Wildman–Crippen MR) is 84.0 cm³/mol. The number of nitrogens with one attached hydrogen (secondary N) is 1. The molecule has 0 radical (unpaired) electrons. The van der Waals surface area contributed by atoms with Crippen LogP contribution in [0.25, 0.3) is 0 Å². The van der Waals surface area contributed by atoms with E-state index in [0.717, 1.165) is 5.69 Å². The first-order chi connectivity index (χ1) is 9.08. The smallest absolute Gasteiger partial charge is 0.0488 e. The Labute approximate surface area is 116 Å². The monoisotopic (exact) mass is 254 g/mol. The van der Waals surface area contributed by atoms with Gasteiger partial charge in [0.1, 0.15) is 0 Å². The standard InChI is InChI=1S/C17H22N2/c1-13-7-5-6-8-17(13)14(2)18-15-9-11-16(12-10-15)19(3)4/h5-12,14,18H,1-4H3. The second-order valence-corrected chi connectivity index (χ2v) is 5.16. The summed E-state index contributed by atoms with van der Waals surface area (Å²) in [5.41, 5.74) is 5.04. The van der Waals surface area contributed by atoms with Crippen LogP contribution >= 0.6 is 0 Å². The predicted octanol–water partition coefficient (Wildman–Crippen LogP) is 4.23. The van der Waals surface area contributed by atoms with E-state index in [9.17, 15) is 0 Å². The molecule has 1 unspecified atom stereocenters. The molecule has 0 aliphatic heterocycles. The van der Waals surface area contributed by atoms with Gasteiger partial charge >= 0.3 is 0 Å². The lowest BCUT2D eigenvalue weighted by Gasteiger charge is -2.19. The van der Waals surface area contributed by atoms with Crippen molar-refractivity contribution in [3.8, 4) is 0 Å². The number of rotatable bonds is 4. The fraction of sp³-hybridized carbons (Fsp3) is 0.294. The molecule has 0 fully saturated rings. The first-order valence-electron chi connectivity index (χ1n) is 6.67. The van der Waals surface area contributed by atoms with E-state index in [2.05, 4.69) is 86.7 Å². The van der Waals surface area contributed by atoms with Crippen LogP contribution in [0.3, 0.4) is 0 Å². The minimum absolute atomic E-state index is 0.311. The summed E-state index contributed by atoms with van der Waals surface area (Å²) >= 11 is 0. The maximum atomic E-state index is 3.55. The first-order valence-corrected chi connectivity index (χ1v) is 6.67. The molecule has 2 nitrogen and oxygen atoms in total. The van der Waals surface area contributed by atoms with Crippen molar-refractivity contribution >= 4 is 11.4 Å². The van der Waals surface area contributed by atoms with Crippen LogP contribution < -0.4 is 10.2 Å². The quantitative estimate of drug-likeness (QED) is 0.878. The molecular weight excluding hydrogens is 232 g/mol. The minimum atomic E-state index is 0.311. The zero-order valence-corrected chi connectivity index (χ0v) is 12.1. The third kappa shape index (κ3) is 3.28. The Morgan fingerprint density at radius 2 is 1.58 bits per heavy atom. The second kappa shape index (κ2) is 5.79. The SMILES string of the molecule is Cc1ccccc1C(C)Nc1ccc(N(C)C)cc1. The van der Waals surface area contributed by atoms with Crippen LogP contribution in [0.1, 0.15) is 24.1 Å². The van der Waals surface area contributed by atoms with Gasteiger partial charge in [-0.15, -0.1) is 0 Å². The molecule has 0 spiro atoms. The fourth-order valence-electron chi connectivity index (χ4n) is 2.26. The molecule has 1 N–H and O–H groups in total. The fourth-order valence-corrected chi connectivity index (χ4v) is 2.26. The highest BCUT2D eigenvalue weighted by molar-refractivity contribution is 5.55. The average Bonchev–Trinajstić information content (AvgIpc) is 2.39. The van der Waals surface area contributed by atoms with Crippen molar-refractivity contribution in [3.05, 3.63) is 59.7 Å². The molecule has 1 atom stereocenters. The molecule has 0 amide bonds. The van der Waals surface area contributed by atoms with Gasteiger partial charge in [0, 0.05) is 31.5 Å². The Morgan fingerprint density at radius 3 is 2.16 bits per heavy atom. The molecule has 0 bridgehead atoms. The summed E-state index contributed by atoms with van der Waals surface area (Å²) in [5.74, 6) is 0. The van der Waals surface area contributed by atoms with Crippen LogP contribution in [0.15, 0.2) is 48.5 Å². The molecule has 100 valence electrons. The molecule has 2 rings (SSSR count). The molecule has 0 heterocycles. The zero-order valence-electron chi connectivity index (χ0n) is 12.1. The van der Waals surface area contributed by atoms with Crippen LogP contribution in [0.5, 0.6) is 0 Å². The summed E-state index contributed by atoms with van der Waals surface area (Å²) in [7, 11) is 4.11. The van der Waals surface area contributed by atoms with E-state index in [1.54, 1.807) is 0 Å². The summed E-state index contributed by atoms with van der Waals surface area (Å²) in [5, 5.41) is 3.55. The van der Waals surface area contributed by atoms with Gasteiger partial charge in [0.05, 0.1) is 0 Å². The van der Waals surface area contributed by atoms with Gasteiger partial charge in [-0.05, 0) is 49.2 Å². The van der Waals surface area contributed by atoms with E-state index in [-0.39, 0.29) is 0 Å². The van der Waals surface area contributed by atoms with E-state index in [0.29, 0.717) is 6.04 Å². The number of aryl methyl sites for hydroxylation is 1. The molecule has 0 aliphatic rings. The molecular formula is C17H22N2. The number of benzene rings is 2. The summed E-state index contributed by atoms with van der Waals surface area (Å²) in [6.45, 7) is 4.35. The van der Waals surface area contributed by atoms with E-state index in [1.807, 2.05) is 0 Å². The summed E-state index contributed by atoms with van der Waals surface area (Å²) < 4.78 is 0. The Bertz CT molecular complexity index is 529. The van der Waals surface area contributed by atoms with Gasteiger partial charge in [-0.1, -0.05) is 24.3 Å². The average molecular weight is 254 g/mol. The molecule has 0 aliphatic carbocycles. The van der Waals surface area contributed by atoms with Crippen molar-refractivity contribution < 1.29 is 0 Å². The maximum Gasteiger partial charge on any atom is 0.0488 e. The number of nitrogens with zero attached hydrogens (tertiary/aromatic N) is 1. The highest BCUT2D eigenvalue weighted by Gasteiger charge is 2.07. The van der Waals surface area contributed by atoms with Crippen molar-refractivity contribution in [1.82, 2.24) is 0 Å². The van der Waals surface area contributed by atoms with E-state index in [4.69, 9.17) is 0 Å². The van der Waals surface area contributed by atoms with Crippen molar-refractivity contribution in [2.45, 2.75) is 19.9 Å². The van der Waals surface area contributed by atoms with Gasteiger partial charge in [0.25, 0.3) is 0 Å². The summed E-state index contributed by atoms with van der Waals surface area (Å²) in [4.78, 5) is 2.11. The third-order valence-electron chi connectivity index (χ3n) is 3.42. The lowest BCUT2D eigenvalue weighted by molar-refractivity contribution is 0.874. The number of hydrogen-bond donors (Lipinski definition) is 1. The number of hydrogen-bond acceptors (Lipinski definition) is 2. The lowest BCUT2D eigenvalue weighted by Crippen LogP contribution is -2.10. The van der Waals surface area contributed by atoms with Gasteiger partial charge in [0.2, 0.25) is 0 Å². The van der Waals surface area contributed by atoms with Crippen LogP contribution in [0.4, 0.5) is 11.4 Å². The molecule has 2 aromatic rings. The minimum Gasteiger partial charge on any atom is -0.379 e. The van der Waals surface area contributed by atoms with Gasteiger partial charge in [0.15, 0.2) is 0 Å². The van der Waals surface area contributed by atoms with Gasteiger partial charge in [-0.2, -0.15) is 0 Å². The van der Waals surface area contributed by atoms with Gasteiger partial charge in [-0.3, -0.25) is 0 Å². The van der Waals surface area contributed by atoms with E-state index < -0.39 is 0 Å². The normalized spacial score (nSPS) is 12.0.